The van der Waals surface area contributed by atoms with E-state index in [4.69, 9.17) is 23.2 Å². The number of hydrogen-bond acceptors (Lipinski definition) is 7. The largest absolute Gasteiger partial charge is 0.437 e. The average Bonchev–Trinajstić information content (AvgIpc) is 3.59. The van der Waals surface area contributed by atoms with Crippen LogP contribution in [0.4, 0.5) is 0 Å². The quantitative estimate of drug-likeness (QED) is 0.0693. The Labute approximate surface area is 293 Å². The van der Waals surface area contributed by atoms with Gasteiger partial charge in [-0.2, -0.15) is 5.10 Å². The molecule has 46 heavy (non-hydrogen) atoms. The van der Waals surface area contributed by atoms with Gasteiger partial charge in [0.05, 0.1) is 6.20 Å². The summed E-state index contributed by atoms with van der Waals surface area (Å²) in [6, 6.07) is 29.4. The maximum atomic E-state index is 11.4. The van der Waals surface area contributed by atoms with Crippen LogP contribution in [0.1, 0.15) is 22.3 Å². The Morgan fingerprint density at radius 1 is 0.652 bits per heavy atom. The van der Waals surface area contributed by atoms with Crippen molar-refractivity contribution < 1.29 is 20.3 Å². The third kappa shape index (κ3) is 9.43. The summed E-state index contributed by atoms with van der Waals surface area (Å²) < 4.78 is 1.10. The molecule has 8 nitrogen and oxygen atoms in total. The van der Waals surface area contributed by atoms with Gasteiger partial charge >= 0.3 is 14.1 Å². The molecule has 0 aliphatic heterocycles. The molecule has 0 fully saturated rings. The van der Waals surface area contributed by atoms with Crippen LogP contribution < -0.4 is 10.5 Å². The summed E-state index contributed by atoms with van der Waals surface area (Å²) >= 11 is 14.1. The topological polar surface area (TPSA) is 134 Å². The molecule has 0 radical (unpaired) electrons. The number of rotatable bonds is 11. The monoisotopic (exact) mass is 770 g/mol. The van der Waals surface area contributed by atoms with Gasteiger partial charge in [-0.1, -0.05) is 83.9 Å². The highest BCUT2D eigenvalue weighted by Gasteiger charge is 2.33. The van der Waals surface area contributed by atoms with Crippen LogP contribution in [0.3, 0.4) is 0 Å². The third-order valence-corrected chi connectivity index (χ3v) is 8.69. The Morgan fingerprint density at radius 3 is 1.37 bits per heavy atom. The van der Waals surface area contributed by atoms with Crippen LogP contribution in [0, 0.1) is 3.57 Å². The number of H-pyrrole nitrogens is 1. The number of nitrogens with zero attached hydrogens (tertiary/aromatic N) is 1. The van der Waals surface area contributed by atoms with Crippen LogP contribution in [-0.4, -0.2) is 57.6 Å². The maximum absolute atomic E-state index is 11.4. The summed E-state index contributed by atoms with van der Waals surface area (Å²) in [6.07, 6.45) is 3.56. The smallest absolute Gasteiger partial charge is 0.373 e. The predicted molar refractivity (Wildman–Crippen MR) is 196 cm³/mol. The zero-order chi connectivity index (χ0) is 33.3. The molecule has 4 aromatic carbocycles. The van der Waals surface area contributed by atoms with Crippen LogP contribution in [0.15, 0.2) is 109 Å². The maximum Gasteiger partial charge on any atom is 0.373 e. The van der Waals surface area contributed by atoms with Gasteiger partial charge < -0.3 is 30.7 Å². The Hall–Kier alpha value is -2.71. The van der Waals surface area contributed by atoms with E-state index in [1.807, 2.05) is 54.7 Å². The number of aromatic amines is 1. The molecule has 0 amide bonds. The van der Waals surface area contributed by atoms with E-state index in [-0.39, 0.29) is 13.1 Å². The molecule has 0 aliphatic rings. The molecular weight excluding hydrogens is 736 g/mol. The van der Waals surface area contributed by atoms with E-state index in [0.29, 0.717) is 15.6 Å². The first-order valence-corrected chi connectivity index (χ1v) is 16.4. The van der Waals surface area contributed by atoms with Gasteiger partial charge in [0.2, 0.25) is 0 Å². The Balaban J connectivity index is 0.000000212. The molecule has 13 heteroatoms. The van der Waals surface area contributed by atoms with Crippen molar-refractivity contribution in [3.8, 4) is 11.1 Å². The van der Waals surface area contributed by atoms with Crippen molar-refractivity contribution in [2.24, 2.45) is 0 Å². The molecule has 1 heterocycles. The van der Waals surface area contributed by atoms with Crippen LogP contribution >= 0.6 is 45.8 Å². The van der Waals surface area contributed by atoms with E-state index in [2.05, 4.69) is 43.2 Å². The first-order valence-electron chi connectivity index (χ1n) is 14.6. The van der Waals surface area contributed by atoms with E-state index in [9.17, 15) is 20.3 Å². The lowest BCUT2D eigenvalue weighted by Crippen LogP contribution is -2.44. The molecule has 238 valence electrons. The molecule has 0 aliphatic carbocycles. The fraction of sp³-hybridized carbons (Fsp3) is 0.182. The number of aliphatic hydroxyl groups is 2. The number of benzene rings is 4. The SMILES string of the molecule is CB(O)NCC(O)(c1ccc(Cl)cc1)c1ccc(-c2cn[nH]c2)cc1.CB(O)NCC(O)(c1ccc(Cl)cc1)c1ccc(I)cc1. The van der Waals surface area contributed by atoms with Crippen LogP contribution in [0.25, 0.3) is 11.1 Å². The summed E-state index contributed by atoms with van der Waals surface area (Å²) in [5, 5.41) is 55.3. The van der Waals surface area contributed by atoms with Crippen LogP contribution in [-0.2, 0) is 11.2 Å². The van der Waals surface area contributed by atoms with Crippen molar-refractivity contribution in [1.29, 1.82) is 0 Å². The second kappa shape index (κ2) is 16.4. The molecule has 1 aromatic heterocycles. The molecule has 5 aromatic rings. The minimum atomic E-state index is -1.30. The minimum absolute atomic E-state index is 0.164. The lowest BCUT2D eigenvalue weighted by atomic mass is 9.81. The second-order valence-corrected chi connectivity index (χ2v) is 13.0. The van der Waals surface area contributed by atoms with Gasteiger partial charge in [0.1, 0.15) is 11.2 Å². The summed E-state index contributed by atoms with van der Waals surface area (Å²) in [5.41, 5.74) is 2.35. The molecule has 7 N–H and O–H groups in total. The Bertz CT molecular complexity index is 1600. The molecule has 5 rings (SSSR count). The van der Waals surface area contributed by atoms with Crippen molar-refractivity contribution in [1.82, 2.24) is 20.7 Å². The molecule has 2 atom stereocenters. The highest BCUT2D eigenvalue weighted by Crippen LogP contribution is 2.32. The van der Waals surface area contributed by atoms with Gasteiger partial charge in [-0.05, 0) is 100 Å². The van der Waals surface area contributed by atoms with Crippen molar-refractivity contribution in [2.75, 3.05) is 13.1 Å². The van der Waals surface area contributed by atoms with Gasteiger partial charge in [0.25, 0.3) is 0 Å². The highest BCUT2D eigenvalue weighted by molar-refractivity contribution is 14.1. The van der Waals surface area contributed by atoms with Crippen molar-refractivity contribution in [3.05, 3.63) is 145 Å². The average molecular weight is 771 g/mol. The molecule has 0 bridgehead atoms. The molecule has 0 spiro atoms. The van der Waals surface area contributed by atoms with E-state index < -0.39 is 25.3 Å². The summed E-state index contributed by atoms with van der Waals surface area (Å²) in [7, 11) is -1.43. The third-order valence-electron chi connectivity index (χ3n) is 7.47. The number of hydrogen-bond donors (Lipinski definition) is 7. The standard InChI is InChI=1S/C18H19BClN3O2.C15H16BClINO2/c1-19(25)21-12-18(24,16-6-8-17(20)9-7-16)15-4-2-13(3-5-15)14-10-22-23-11-14;1-16(21)19-10-15(20,11-2-6-13(17)7-3-11)12-4-8-14(18)9-5-12/h2-11,21,24-25H,12H2,1H3,(H,22,23);2-9,19-21H,10H2,1H3. The van der Waals surface area contributed by atoms with E-state index in [1.165, 1.54) is 0 Å². The van der Waals surface area contributed by atoms with Crippen molar-refractivity contribution in [3.63, 3.8) is 0 Å². The zero-order valence-corrected chi connectivity index (χ0v) is 29.0. The van der Waals surface area contributed by atoms with Crippen LogP contribution in [0.2, 0.25) is 23.7 Å². The fourth-order valence-corrected chi connectivity index (χ4v) is 5.47. The summed E-state index contributed by atoms with van der Waals surface area (Å²) in [4.78, 5) is 0. The zero-order valence-electron chi connectivity index (χ0n) is 25.3. The van der Waals surface area contributed by atoms with E-state index in [0.717, 1.165) is 31.4 Å². The van der Waals surface area contributed by atoms with E-state index in [1.54, 1.807) is 68.4 Å². The lowest BCUT2D eigenvalue weighted by molar-refractivity contribution is 0.0845. The first-order chi connectivity index (χ1) is 21.9. The van der Waals surface area contributed by atoms with Crippen molar-refractivity contribution >= 4 is 59.9 Å². The van der Waals surface area contributed by atoms with E-state index >= 15 is 0 Å². The van der Waals surface area contributed by atoms with Gasteiger partial charge in [-0.25, -0.2) is 0 Å². The number of halogens is 3. The minimum Gasteiger partial charge on any atom is -0.437 e. The number of nitrogens with one attached hydrogen (secondary N) is 3. The lowest BCUT2D eigenvalue weighted by Gasteiger charge is -2.30. The highest BCUT2D eigenvalue weighted by atomic mass is 127. The summed E-state index contributed by atoms with van der Waals surface area (Å²) in [5.74, 6) is 0. The van der Waals surface area contributed by atoms with Gasteiger partial charge in [-0.15, -0.1) is 0 Å². The first kappa shape index (κ1) is 36.1. The molecule has 0 saturated heterocycles. The predicted octanol–water partition coefficient (Wildman–Crippen LogP) is 5.55. The van der Waals surface area contributed by atoms with Crippen LogP contribution in [0.5, 0.6) is 0 Å². The number of aromatic nitrogens is 2. The Kier molecular flexibility index (Phi) is 12.9. The molecule has 2 unspecified atom stereocenters. The normalized spacial score (nSPS) is 13.6. The van der Waals surface area contributed by atoms with Gasteiger partial charge in [-0.3, -0.25) is 5.10 Å². The van der Waals surface area contributed by atoms with Gasteiger partial charge in [0, 0.05) is 38.5 Å². The molecular formula is C33H35B2Cl2IN4O4. The molecule has 0 saturated carbocycles. The summed E-state index contributed by atoms with van der Waals surface area (Å²) in [6.45, 7) is 3.60. The second-order valence-electron chi connectivity index (χ2n) is 10.9. The van der Waals surface area contributed by atoms with Gasteiger partial charge in [0.15, 0.2) is 0 Å². The fourth-order valence-electron chi connectivity index (χ4n) is 4.86. The Morgan fingerprint density at radius 2 is 1.02 bits per heavy atom. The van der Waals surface area contributed by atoms with Crippen molar-refractivity contribution in [2.45, 2.75) is 24.8 Å².